The van der Waals surface area contributed by atoms with Crippen molar-refractivity contribution in [2.75, 3.05) is 20.1 Å². The molecule has 8 heteroatoms. The number of likely N-dealkylation sites (N-methyl/N-ethyl adjacent to an activating group) is 1. The molecule has 5 nitrogen and oxygen atoms in total. The molecule has 2 unspecified atom stereocenters. The lowest BCUT2D eigenvalue weighted by molar-refractivity contribution is -0.137. The Hall–Kier alpha value is -3.02. The van der Waals surface area contributed by atoms with Crippen molar-refractivity contribution in [1.82, 2.24) is 9.80 Å². The van der Waals surface area contributed by atoms with Crippen molar-refractivity contribution in [2.24, 2.45) is 11.8 Å². The highest BCUT2D eigenvalue weighted by atomic mass is 19.4. The van der Waals surface area contributed by atoms with Gasteiger partial charge in [-0.1, -0.05) is 18.1 Å². The number of aliphatic hydroxyl groups excluding tert-OH is 1. The summed E-state index contributed by atoms with van der Waals surface area (Å²) >= 11 is 0. The molecule has 2 bridgehead atoms. The monoisotopic (exact) mass is 536 g/mol. The number of ether oxygens (including phenoxy) is 1. The number of benzene rings is 2. The summed E-state index contributed by atoms with van der Waals surface area (Å²) in [4.78, 5) is 17.5. The van der Waals surface area contributed by atoms with Crippen molar-refractivity contribution >= 4 is 5.91 Å². The smallest absolute Gasteiger partial charge is 0.416 e. The predicted molar refractivity (Wildman–Crippen MR) is 138 cm³/mol. The molecule has 39 heavy (non-hydrogen) atoms. The minimum Gasteiger partial charge on any atom is -0.487 e. The number of alkyl halides is 3. The number of aliphatic hydroxyl groups is 1. The summed E-state index contributed by atoms with van der Waals surface area (Å²) in [5.41, 5.74) is 2.16. The van der Waals surface area contributed by atoms with E-state index in [0.717, 1.165) is 63.1 Å². The third-order valence-corrected chi connectivity index (χ3v) is 10.00. The summed E-state index contributed by atoms with van der Waals surface area (Å²) in [5, 5.41) is 9.99. The van der Waals surface area contributed by atoms with Crippen molar-refractivity contribution in [1.29, 1.82) is 0 Å². The fraction of sp³-hybridized carbons (Fsp3) is 0.516. The first-order valence-electron chi connectivity index (χ1n) is 13.8. The van der Waals surface area contributed by atoms with E-state index in [1.54, 1.807) is 11.9 Å². The van der Waals surface area contributed by atoms with Gasteiger partial charge in [0, 0.05) is 48.0 Å². The molecule has 5 aliphatic rings. The van der Waals surface area contributed by atoms with Crippen LogP contribution < -0.4 is 4.74 Å². The maximum Gasteiger partial charge on any atom is 0.416 e. The summed E-state index contributed by atoms with van der Waals surface area (Å²) in [7, 11) is 1.77. The molecule has 2 aromatic carbocycles. The van der Waals surface area contributed by atoms with E-state index in [1.807, 2.05) is 0 Å². The van der Waals surface area contributed by atoms with Gasteiger partial charge in [0.2, 0.25) is 0 Å². The molecule has 2 aromatic rings. The third kappa shape index (κ3) is 3.88. The zero-order valence-electron chi connectivity index (χ0n) is 21.7. The zero-order valence-corrected chi connectivity index (χ0v) is 21.7. The number of carbonyl (C=O) groups excluding carboxylic acids is 1. The zero-order chi connectivity index (χ0) is 27.1. The van der Waals surface area contributed by atoms with Gasteiger partial charge >= 0.3 is 6.18 Å². The van der Waals surface area contributed by atoms with E-state index >= 15 is 0 Å². The number of nitrogens with zero attached hydrogens (tertiary/aromatic N) is 2. The van der Waals surface area contributed by atoms with Gasteiger partial charge in [0.05, 0.1) is 17.7 Å². The number of hydrogen-bond donors (Lipinski definition) is 1. The largest absolute Gasteiger partial charge is 0.487 e. The average molecular weight is 537 g/mol. The van der Waals surface area contributed by atoms with E-state index < -0.39 is 11.7 Å². The quantitative estimate of drug-likeness (QED) is 0.603. The highest BCUT2D eigenvalue weighted by Crippen LogP contribution is 2.62. The number of carbonyl (C=O) groups is 1. The highest BCUT2D eigenvalue weighted by Gasteiger charge is 2.66. The van der Waals surface area contributed by atoms with Gasteiger partial charge in [0.1, 0.15) is 11.9 Å². The molecule has 3 aliphatic carbocycles. The molecule has 1 N–H and O–H groups in total. The third-order valence-electron chi connectivity index (χ3n) is 10.00. The maximum atomic E-state index is 13.2. The second-order valence-electron chi connectivity index (χ2n) is 11.9. The Bertz CT molecular complexity index is 1380. The number of rotatable bonds is 3. The maximum absolute atomic E-state index is 13.2. The topological polar surface area (TPSA) is 53.0 Å². The standard InChI is InChI=1S/C31H31F3N2O3/c1-35(27(38)12-7-18-5-8-21(9-6-18)31(32,33)34)23-11-10-22-24-15-19-3-2-4-26-28(19)30(22,29(23)39-26)13-14-36(24)17-20-16-25(20)37/h2-6,8-9,20,22-25,29,37H,10-11,13-17H2,1H3/t20?,22-,23+,24+,25?,29-,30-/m0/s1. The van der Waals surface area contributed by atoms with E-state index in [2.05, 4.69) is 34.9 Å². The lowest BCUT2D eigenvalue weighted by atomic mass is 9.51. The van der Waals surface area contributed by atoms with Crippen molar-refractivity contribution in [3.05, 3.63) is 64.7 Å². The van der Waals surface area contributed by atoms with Crippen LogP contribution in [0, 0.1) is 23.7 Å². The second kappa shape index (κ2) is 8.74. The summed E-state index contributed by atoms with van der Waals surface area (Å²) in [6.07, 6.45) is -0.0953. The first kappa shape index (κ1) is 25.0. The van der Waals surface area contributed by atoms with Crippen molar-refractivity contribution in [3.63, 3.8) is 0 Å². The normalized spacial score (nSPS) is 33.9. The van der Waals surface area contributed by atoms with Gasteiger partial charge in [0.25, 0.3) is 5.91 Å². The fourth-order valence-electron chi connectivity index (χ4n) is 8.03. The molecule has 7 atom stereocenters. The SMILES string of the molecule is CN(C(=O)C#Cc1ccc(C(F)(F)F)cc1)[C@@H]1CC[C@H]2[C@H]3Cc4cccc5c4[C@@]2(CCN3CC2CC2O)[C@H]1O5. The number of piperidine rings is 1. The van der Waals surface area contributed by atoms with E-state index in [9.17, 15) is 23.1 Å². The van der Waals surface area contributed by atoms with E-state index in [1.165, 1.54) is 23.3 Å². The number of likely N-dealkylation sites (tertiary alicyclic amines) is 1. The molecule has 2 saturated carbocycles. The van der Waals surface area contributed by atoms with Crippen LogP contribution in [-0.4, -0.2) is 65.2 Å². The van der Waals surface area contributed by atoms with Crippen LogP contribution in [0.25, 0.3) is 0 Å². The lowest BCUT2D eigenvalue weighted by Gasteiger charge is -2.60. The van der Waals surface area contributed by atoms with Crippen LogP contribution in [0.4, 0.5) is 13.2 Å². The second-order valence-corrected chi connectivity index (χ2v) is 11.9. The molecule has 0 aromatic heterocycles. The molecular formula is C31H31F3N2O3. The molecule has 2 aliphatic heterocycles. The van der Waals surface area contributed by atoms with Gasteiger partial charge in [-0.2, -0.15) is 13.2 Å². The Labute approximate surface area is 225 Å². The average Bonchev–Trinajstić information content (AvgIpc) is 3.50. The van der Waals surface area contributed by atoms with Gasteiger partial charge in [-0.05, 0) is 80.5 Å². The van der Waals surface area contributed by atoms with Crippen LogP contribution in [0.2, 0.25) is 0 Å². The Morgan fingerprint density at radius 2 is 1.97 bits per heavy atom. The number of hydrogen-bond acceptors (Lipinski definition) is 4. The van der Waals surface area contributed by atoms with Crippen molar-refractivity contribution in [3.8, 4) is 17.6 Å². The van der Waals surface area contributed by atoms with Gasteiger partial charge in [-0.15, -0.1) is 0 Å². The molecule has 1 spiro atoms. The van der Waals surface area contributed by atoms with Crippen LogP contribution >= 0.6 is 0 Å². The Morgan fingerprint density at radius 1 is 1.21 bits per heavy atom. The van der Waals surface area contributed by atoms with Gasteiger partial charge in [0.15, 0.2) is 0 Å². The van der Waals surface area contributed by atoms with Crippen LogP contribution in [0.5, 0.6) is 5.75 Å². The van der Waals surface area contributed by atoms with Crippen molar-refractivity contribution in [2.45, 2.75) is 68.0 Å². The minimum atomic E-state index is -4.41. The van der Waals surface area contributed by atoms with Crippen LogP contribution in [0.1, 0.15) is 47.9 Å². The predicted octanol–water partition coefficient (Wildman–Crippen LogP) is 4.00. The fourth-order valence-corrected chi connectivity index (χ4v) is 8.03. The van der Waals surface area contributed by atoms with E-state index in [-0.39, 0.29) is 29.6 Å². The van der Waals surface area contributed by atoms with Crippen LogP contribution in [0.15, 0.2) is 42.5 Å². The van der Waals surface area contributed by atoms with E-state index in [0.29, 0.717) is 23.4 Å². The van der Waals surface area contributed by atoms with Gasteiger partial charge in [-0.25, -0.2) is 0 Å². The summed E-state index contributed by atoms with van der Waals surface area (Å²) in [5.74, 6) is 6.79. The molecule has 7 rings (SSSR count). The molecule has 0 radical (unpaired) electrons. The minimum absolute atomic E-state index is 0.147. The summed E-state index contributed by atoms with van der Waals surface area (Å²) < 4.78 is 45.3. The van der Waals surface area contributed by atoms with Gasteiger partial charge < -0.3 is 14.7 Å². The molecule has 204 valence electrons. The number of amides is 1. The lowest BCUT2D eigenvalue weighted by Crippen LogP contribution is -2.69. The first-order chi connectivity index (χ1) is 18.7. The molecule has 2 heterocycles. The summed E-state index contributed by atoms with van der Waals surface area (Å²) in [6, 6.07) is 11.1. The Kier molecular flexibility index (Phi) is 5.60. The Balaban J connectivity index is 1.15. The van der Waals surface area contributed by atoms with Crippen LogP contribution in [-0.2, 0) is 22.8 Å². The highest BCUT2D eigenvalue weighted by molar-refractivity contribution is 5.94. The first-order valence-corrected chi connectivity index (χ1v) is 13.8. The van der Waals surface area contributed by atoms with E-state index in [4.69, 9.17) is 4.74 Å². The van der Waals surface area contributed by atoms with Crippen LogP contribution in [0.3, 0.4) is 0 Å². The Morgan fingerprint density at radius 3 is 2.69 bits per heavy atom. The molecular weight excluding hydrogens is 505 g/mol. The van der Waals surface area contributed by atoms with Gasteiger partial charge in [-0.3, -0.25) is 9.69 Å². The summed E-state index contributed by atoms with van der Waals surface area (Å²) in [6.45, 7) is 1.90. The molecule has 1 amide bonds. The molecule has 1 saturated heterocycles. The number of halogens is 3. The molecule has 3 fully saturated rings. The van der Waals surface area contributed by atoms with Crippen molar-refractivity contribution < 1.29 is 27.8 Å².